The molecule has 5 nitrogen and oxygen atoms in total. The lowest BCUT2D eigenvalue weighted by Crippen LogP contribution is -2.44. The normalized spacial score (nSPS) is 29.2. The van der Waals surface area contributed by atoms with Gasteiger partial charge in [-0.25, -0.2) is 0 Å². The highest BCUT2D eigenvalue weighted by atomic mass is 35.5. The summed E-state index contributed by atoms with van der Waals surface area (Å²) in [6.07, 6.45) is 3.79. The Labute approximate surface area is 157 Å². The molecular weight excluding hydrogens is 361 g/mol. The van der Waals surface area contributed by atoms with E-state index in [1.54, 1.807) is 23.1 Å². The van der Waals surface area contributed by atoms with Gasteiger partial charge in [0, 0.05) is 36.7 Å². The van der Waals surface area contributed by atoms with Gasteiger partial charge in [0.2, 0.25) is 11.8 Å². The van der Waals surface area contributed by atoms with Gasteiger partial charge in [-0.15, -0.1) is 0 Å². The van der Waals surface area contributed by atoms with Crippen molar-refractivity contribution in [2.75, 3.05) is 24.5 Å². The lowest BCUT2D eigenvalue weighted by Gasteiger charge is -2.26. The van der Waals surface area contributed by atoms with Gasteiger partial charge in [0.05, 0.1) is 10.7 Å². The van der Waals surface area contributed by atoms with Crippen LogP contribution in [0.2, 0.25) is 10.0 Å². The van der Waals surface area contributed by atoms with Crippen LogP contribution < -0.4 is 10.2 Å². The van der Waals surface area contributed by atoms with E-state index in [1.165, 1.54) is 6.42 Å². The van der Waals surface area contributed by atoms with Crippen LogP contribution in [0.15, 0.2) is 18.2 Å². The van der Waals surface area contributed by atoms with E-state index < -0.39 is 5.92 Å². The highest BCUT2D eigenvalue weighted by Crippen LogP contribution is 2.34. The van der Waals surface area contributed by atoms with Crippen LogP contribution in [-0.2, 0) is 9.59 Å². The number of nitrogens with one attached hydrogen (secondary N) is 1. The zero-order chi connectivity index (χ0) is 17.6. The maximum Gasteiger partial charge on any atom is 0.239 e. The summed E-state index contributed by atoms with van der Waals surface area (Å²) < 4.78 is 0. The number of carbonyl (C=O) groups excluding carboxylic acids is 2. The first kappa shape index (κ1) is 17.1. The minimum absolute atomic E-state index is 0.0417. The van der Waals surface area contributed by atoms with Crippen LogP contribution in [0.4, 0.5) is 5.69 Å². The summed E-state index contributed by atoms with van der Waals surface area (Å²) in [5, 5.41) is 4.57. The molecule has 1 aromatic carbocycles. The quantitative estimate of drug-likeness (QED) is 0.801. The molecule has 0 radical (unpaired) electrons. The molecule has 1 aromatic rings. The third kappa shape index (κ3) is 3.25. The summed E-state index contributed by atoms with van der Waals surface area (Å²) in [5.41, 5.74) is 0.589. The highest BCUT2D eigenvalue weighted by molar-refractivity contribution is 6.36. The molecule has 3 heterocycles. The van der Waals surface area contributed by atoms with Gasteiger partial charge in [0.25, 0.3) is 0 Å². The maximum atomic E-state index is 13.0. The average molecular weight is 382 g/mol. The molecule has 0 saturated carbocycles. The standard InChI is InChI=1S/C18H21Cl2N3O2/c19-11-1-4-15(20)16(9-11)23-8-6-14(18(23)25)17(24)22-7-5-12-2-3-13(10-22)21-12/h1,4,9,12-14,21H,2-3,5-8,10H2. The third-order valence-corrected chi connectivity index (χ3v) is 6.09. The number of nitrogens with zero attached hydrogens (tertiary/aromatic N) is 2. The first-order chi connectivity index (χ1) is 12.0. The van der Waals surface area contributed by atoms with Crippen molar-refractivity contribution < 1.29 is 9.59 Å². The summed E-state index contributed by atoms with van der Waals surface area (Å²) in [6, 6.07) is 5.94. The van der Waals surface area contributed by atoms with Crippen LogP contribution in [0, 0.1) is 5.92 Å². The number of likely N-dealkylation sites (tertiary alicyclic amines) is 1. The lowest BCUT2D eigenvalue weighted by atomic mass is 10.0. The molecule has 3 fully saturated rings. The molecule has 134 valence electrons. The minimum atomic E-state index is -0.605. The van der Waals surface area contributed by atoms with Gasteiger partial charge >= 0.3 is 0 Å². The molecule has 4 rings (SSSR count). The third-order valence-electron chi connectivity index (χ3n) is 5.54. The molecule has 0 spiro atoms. The molecule has 3 aliphatic heterocycles. The predicted octanol–water partition coefficient (Wildman–Crippen LogP) is 2.70. The number of rotatable bonds is 2. The van der Waals surface area contributed by atoms with Gasteiger partial charge in [-0.2, -0.15) is 0 Å². The topological polar surface area (TPSA) is 52.7 Å². The van der Waals surface area contributed by atoms with Crippen molar-refractivity contribution in [3.63, 3.8) is 0 Å². The number of fused-ring (bicyclic) bond motifs is 2. The van der Waals surface area contributed by atoms with Gasteiger partial charge in [0.1, 0.15) is 5.92 Å². The summed E-state index contributed by atoms with van der Waals surface area (Å²) in [5.74, 6) is -0.816. The van der Waals surface area contributed by atoms with E-state index in [2.05, 4.69) is 5.32 Å². The Hall–Kier alpha value is -1.30. The van der Waals surface area contributed by atoms with Crippen LogP contribution in [-0.4, -0.2) is 48.4 Å². The predicted molar refractivity (Wildman–Crippen MR) is 98.1 cm³/mol. The van der Waals surface area contributed by atoms with E-state index in [9.17, 15) is 9.59 Å². The van der Waals surface area contributed by atoms with Crippen LogP contribution in [0.3, 0.4) is 0 Å². The molecule has 3 atom stereocenters. The fraction of sp³-hybridized carbons (Fsp3) is 0.556. The van der Waals surface area contributed by atoms with Gasteiger partial charge < -0.3 is 15.1 Å². The number of halogens is 2. The number of anilines is 1. The van der Waals surface area contributed by atoms with Crippen LogP contribution >= 0.6 is 23.2 Å². The second kappa shape index (κ2) is 6.78. The molecule has 3 saturated heterocycles. The van der Waals surface area contributed by atoms with E-state index in [-0.39, 0.29) is 11.8 Å². The van der Waals surface area contributed by atoms with Crippen molar-refractivity contribution in [1.29, 1.82) is 0 Å². The van der Waals surface area contributed by atoms with E-state index in [0.29, 0.717) is 47.3 Å². The van der Waals surface area contributed by atoms with E-state index in [4.69, 9.17) is 23.2 Å². The number of hydrogen-bond acceptors (Lipinski definition) is 3. The number of amides is 2. The van der Waals surface area contributed by atoms with Crippen molar-refractivity contribution in [3.05, 3.63) is 28.2 Å². The molecule has 7 heteroatoms. The molecule has 0 aliphatic carbocycles. The van der Waals surface area contributed by atoms with Gasteiger partial charge in [-0.3, -0.25) is 9.59 Å². The smallest absolute Gasteiger partial charge is 0.239 e. The maximum absolute atomic E-state index is 13.0. The van der Waals surface area contributed by atoms with Gasteiger partial charge in [-0.1, -0.05) is 23.2 Å². The average Bonchev–Trinajstić information content (AvgIpc) is 3.11. The van der Waals surface area contributed by atoms with Crippen molar-refractivity contribution in [2.24, 2.45) is 5.92 Å². The zero-order valence-corrected chi connectivity index (χ0v) is 15.4. The van der Waals surface area contributed by atoms with Gasteiger partial charge in [-0.05, 0) is 43.9 Å². The molecule has 1 N–H and O–H groups in total. The van der Waals surface area contributed by atoms with E-state index in [0.717, 1.165) is 19.4 Å². The Morgan fingerprint density at radius 3 is 2.72 bits per heavy atom. The Balaban J connectivity index is 1.49. The summed E-state index contributed by atoms with van der Waals surface area (Å²) in [6.45, 7) is 1.93. The Bertz CT molecular complexity index is 712. The number of hydrogen-bond donors (Lipinski definition) is 1. The van der Waals surface area contributed by atoms with Gasteiger partial charge in [0.15, 0.2) is 0 Å². The molecule has 2 bridgehead atoms. The van der Waals surface area contributed by atoms with E-state index in [1.807, 2.05) is 4.90 Å². The molecule has 25 heavy (non-hydrogen) atoms. The Kier molecular flexibility index (Phi) is 4.65. The first-order valence-corrected chi connectivity index (χ1v) is 9.60. The van der Waals surface area contributed by atoms with Crippen molar-refractivity contribution in [3.8, 4) is 0 Å². The van der Waals surface area contributed by atoms with E-state index >= 15 is 0 Å². The lowest BCUT2D eigenvalue weighted by molar-refractivity contribution is -0.140. The largest absolute Gasteiger partial charge is 0.340 e. The number of carbonyl (C=O) groups is 2. The Morgan fingerprint density at radius 2 is 1.88 bits per heavy atom. The minimum Gasteiger partial charge on any atom is -0.340 e. The Morgan fingerprint density at radius 1 is 1.08 bits per heavy atom. The molecule has 0 aromatic heterocycles. The van der Waals surface area contributed by atoms with Crippen molar-refractivity contribution in [1.82, 2.24) is 10.2 Å². The highest BCUT2D eigenvalue weighted by Gasteiger charge is 2.42. The fourth-order valence-corrected chi connectivity index (χ4v) is 4.59. The van der Waals surface area contributed by atoms with Crippen molar-refractivity contribution >= 4 is 40.7 Å². The summed E-state index contributed by atoms with van der Waals surface area (Å²) in [4.78, 5) is 29.3. The molecular formula is C18H21Cl2N3O2. The monoisotopic (exact) mass is 381 g/mol. The SMILES string of the molecule is O=C(C1CCN(c2cc(Cl)ccc2Cl)C1=O)N1CCC2CCC(C1)N2. The second-order valence-electron chi connectivity index (χ2n) is 7.14. The summed E-state index contributed by atoms with van der Waals surface area (Å²) >= 11 is 12.3. The second-order valence-corrected chi connectivity index (χ2v) is 7.98. The van der Waals surface area contributed by atoms with Crippen LogP contribution in [0.25, 0.3) is 0 Å². The first-order valence-electron chi connectivity index (χ1n) is 8.84. The molecule has 3 aliphatic rings. The van der Waals surface area contributed by atoms with Crippen molar-refractivity contribution in [2.45, 2.75) is 37.8 Å². The van der Waals surface area contributed by atoms with Crippen LogP contribution in [0.5, 0.6) is 0 Å². The zero-order valence-electron chi connectivity index (χ0n) is 13.9. The van der Waals surface area contributed by atoms with Crippen LogP contribution in [0.1, 0.15) is 25.7 Å². The number of benzene rings is 1. The molecule has 3 unspecified atom stereocenters. The fourth-order valence-electron chi connectivity index (χ4n) is 4.20. The summed E-state index contributed by atoms with van der Waals surface area (Å²) in [7, 11) is 0. The molecule has 2 amide bonds.